The van der Waals surface area contributed by atoms with Crippen molar-refractivity contribution in [1.29, 1.82) is 0 Å². The van der Waals surface area contributed by atoms with Crippen molar-refractivity contribution in [2.24, 2.45) is 0 Å². The van der Waals surface area contributed by atoms with Crippen LogP contribution in [-0.2, 0) is 0 Å². The molecule has 4 heteroatoms. The Balaban J connectivity index is 2.22. The average Bonchev–Trinajstić information content (AvgIpc) is 2.74. The normalized spacial score (nSPS) is 11.0. The summed E-state index contributed by atoms with van der Waals surface area (Å²) in [5.74, 6) is 0.0754. The van der Waals surface area contributed by atoms with Gasteiger partial charge in [-0.3, -0.25) is 0 Å². The predicted octanol–water partition coefficient (Wildman–Crippen LogP) is 4.47. The smallest absolute Gasteiger partial charge is 0.138 e. The van der Waals surface area contributed by atoms with Gasteiger partial charge in [0.05, 0.1) is 5.56 Å². The summed E-state index contributed by atoms with van der Waals surface area (Å²) < 4.78 is 19.3. The molecule has 0 unspecified atom stereocenters. The van der Waals surface area contributed by atoms with Gasteiger partial charge in [-0.05, 0) is 42.5 Å². The number of halogens is 2. The van der Waals surface area contributed by atoms with Gasteiger partial charge in [-0.15, -0.1) is 0 Å². The molecule has 2 aromatic carbocycles. The first-order valence-corrected chi connectivity index (χ1v) is 5.76. The molecule has 0 fully saturated rings. The van der Waals surface area contributed by atoms with E-state index in [-0.39, 0.29) is 5.82 Å². The number of furan rings is 1. The number of rotatable bonds is 1. The van der Waals surface area contributed by atoms with Crippen LogP contribution in [0.2, 0.25) is 5.02 Å². The van der Waals surface area contributed by atoms with Gasteiger partial charge in [0, 0.05) is 16.1 Å². The summed E-state index contributed by atoms with van der Waals surface area (Å²) in [6, 6.07) is 11.4. The Bertz CT molecular complexity index is 736. The summed E-state index contributed by atoms with van der Waals surface area (Å²) in [5.41, 5.74) is 7.16. The molecular formula is C14H9ClFNO. The van der Waals surface area contributed by atoms with Crippen molar-refractivity contribution in [3.05, 3.63) is 53.3 Å². The third kappa shape index (κ3) is 1.83. The van der Waals surface area contributed by atoms with Crippen molar-refractivity contribution in [2.45, 2.75) is 0 Å². The lowest BCUT2D eigenvalue weighted by Gasteiger charge is -2.00. The van der Waals surface area contributed by atoms with E-state index in [0.29, 0.717) is 27.6 Å². The Labute approximate surface area is 108 Å². The van der Waals surface area contributed by atoms with Gasteiger partial charge >= 0.3 is 0 Å². The van der Waals surface area contributed by atoms with E-state index in [4.69, 9.17) is 21.8 Å². The van der Waals surface area contributed by atoms with Gasteiger partial charge in [-0.1, -0.05) is 11.6 Å². The number of nitrogens with two attached hydrogens (primary N) is 1. The maximum absolute atomic E-state index is 13.7. The number of benzene rings is 2. The second kappa shape index (κ2) is 4.03. The van der Waals surface area contributed by atoms with Crippen LogP contribution in [0.25, 0.3) is 22.3 Å². The van der Waals surface area contributed by atoms with Crippen LogP contribution in [0, 0.1) is 5.82 Å². The molecule has 3 aromatic rings. The Morgan fingerprint density at radius 2 is 1.89 bits per heavy atom. The standard InChI is InChI=1S/C14H9ClFNO/c15-9-1-4-13-8(5-9)6-14(18-13)11-7-10(17)2-3-12(11)16/h1-7H,17H2. The predicted molar refractivity (Wildman–Crippen MR) is 71.0 cm³/mol. The highest BCUT2D eigenvalue weighted by atomic mass is 35.5. The molecule has 0 amide bonds. The molecule has 0 radical (unpaired) electrons. The van der Waals surface area contributed by atoms with Gasteiger partial charge in [0.1, 0.15) is 17.2 Å². The first-order valence-electron chi connectivity index (χ1n) is 5.38. The van der Waals surface area contributed by atoms with Crippen molar-refractivity contribution >= 4 is 28.3 Å². The van der Waals surface area contributed by atoms with Crippen molar-refractivity contribution < 1.29 is 8.81 Å². The Morgan fingerprint density at radius 3 is 2.72 bits per heavy atom. The van der Waals surface area contributed by atoms with Gasteiger partial charge in [0.2, 0.25) is 0 Å². The molecule has 2 N–H and O–H groups in total. The van der Waals surface area contributed by atoms with Crippen LogP contribution in [0.1, 0.15) is 0 Å². The summed E-state index contributed by atoms with van der Waals surface area (Å²) >= 11 is 5.89. The van der Waals surface area contributed by atoms with Crippen LogP contribution in [0.3, 0.4) is 0 Å². The number of nitrogen functional groups attached to an aromatic ring is 1. The molecule has 3 rings (SSSR count). The number of hydrogen-bond donors (Lipinski definition) is 1. The third-order valence-electron chi connectivity index (χ3n) is 2.73. The summed E-state index contributed by atoms with van der Waals surface area (Å²) in [6.07, 6.45) is 0. The molecule has 0 aliphatic carbocycles. The minimum atomic E-state index is -0.366. The highest BCUT2D eigenvalue weighted by molar-refractivity contribution is 6.31. The van der Waals surface area contributed by atoms with E-state index in [1.807, 2.05) is 0 Å². The zero-order valence-electron chi connectivity index (χ0n) is 9.28. The molecule has 0 aliphatic heterocycles. The van der Waals surface area contributed by atoms with Crippen molar-refractivity contribution in [1.82, 2.24) is 0 Å². The van der Waals surface area contributed by atoms with Crippen molar-refractivity contribution in [3.63, 3.8) is 0 Å². The van der Waals surface area contributed by atoms with Crippen LogP contribution >= 0.6 is 11.6 Å². The van der Waals surface area contributed by atoms with Crippen LogP contribution in [0.15, 0.2) is 46.9 Å². The quantitative estimate of drug-likeness (QED) is 0.656. The first-order chi connectivity index (χ1) is 8.63. The molecule has 18 heavy (non-hydrogen) atoms. The molecule has 0 saturated heterocycles. The first kappa shape index (κ1) is 11.1. The molecule has 90 valence electrons. The lowest BCUT2D eigenvalue weighted by atomic mass is 10.1. The molecule has 1 heterocycles. The van der Waals surface area contributed by atoms with E-state index in [1.54, 1.807) is 30.3 Å². The summed E-state index contributed by atoms with van der Waals surface area (Å²) in [4.78, 5) is 0. The highest BCUT2D eigenvalue weighted by Gasteiger charge is 2.11. The minimum absolute atomic E-state index is 0.349. The maximum atomic E-state index is 13.7. The van der Waals surface area contributed by atoms with Crippen LogP contribution in [-0.4, -0.2) is 0 Å². The molecule has 0 aliphatic rings. The number of fused-ring (bicyclic) bond motifs is 1. The van der Waals surface area contributed by atoms with E-state index >= 15 is 0 Å². The monoisotopic (exact) mass is 261 g/mol. The Morgan fingerprint density at radius 1 is 1.06 bits per heavy atom. The summed E-state index contributed by atoms with van der Waals surface area (Å²) in [6.45, 7) is 0. The topological polar surface area (TPSA) is 39.2 Å². The van der Waals surface area contributed by atoms with E-state index in [2.05, 4.69) is 0 Å². The Kier molecular flexibility index (Phi) is 2.49. The third-order valence-corrected chi connectivity index (χ3v) is 2.97. The Hall–Kier alpha value is -2.00. The van der Waals surface area contributed by atoms with Crippen LogP contribution < -0.4 is 5.73 Å². The molecule has 0 atom stereocenters. The van der Waals surface area contributed by atoms with Gasteiger partial charge < -0.3 is 10.2 Å². The maximum Gasteiger partial charge on any atom is 0.138 e. The molecule has 0 bridgehead atoms. The van der Waals surface area contributed by atoms with Crippen LogP contribution in [0.5, 0.6) is 0 Å². The van der Waals surface area contributed by atoms with Gasteiger partial charge in [0.25, 0.3) is 0 Å². The second-order valence-corrected chi connectivity index (χ2v) is 4.47. The SMILES string of the molecule is Nc1ccc(F)c(-c2cc3cc(Cl)ccc3o2)c1. The van der Waals surface area contributed by atoms with Gasteiger partial charge in [-0.25, -0.2) is 4.39 Å². The second-order valence-electron chi connectivity index (χ2n) is 4.03. The van der Waals surface area contributed by atoms with Gasteiger partial charge in [0.15, 0.2) is 0 Å². The minimum Gasteiger partial charge on any atom is -0.456 e. The number of hydrogen-bond acceptors (Lipinski definition) is 2. The number of anilines is 1. The lowest BCUT2D eigenvalue weighted by Crippen LogP contribution is -1.88. The van der Waals surface area contributed by atoms with E-state index in [0.717, 1.165) is 5.39 Å². The fourth-order valence-electron chi connectivity index (χ4n) is 1.88. The van der Waals surface area contributed by atoms with Crippen LogP contribution in [0.4, 0.5) is 10.1 Å². The molecule has 0 spiro atoms. The summed E-state index contributed by atoms with van der Waals surface area (Å²) in [7, 11) is 0. The van der Waals surface area contributed by atoms with Crippen molar-refractivity contribution in [2.75, 3.05) is 5.73 Å². The fourth-order valence-corrected chi connectivity index (χ4v) is 2.06. The highest BCUT2D eigenvalue weighted by Crippen LogP contribution is 2.31. The van der Waals surface area contributed by atoms with E-state index < -0.39 is 0 Å². The van der Waals surface area contributed by atoms with E-state index in [9.17, 15) is 4.39 Å². The van der Waals surface area contributed by atoms with E-state index in [1.165, 1.54) is 12.1 Å². The zero-order valence-corrected chi connectivity index (χ0v) is 10.0. The molecule has 2 nitrogen and oxygen atoms in total. The fraction of sp³-hybridized carbons (Fsp3) is 0. The van der Waals surface area contributed by atoms with Crippen molar-refractivity contribution in [3.8, 4) is 11.3 Å². The molecular weight excluding hydrogens is 253 g/mol. The average molecular weight is 262 g/mol. The lowest BCUT2D eigenvalue weighted by molar-refractivity contribution is 0.602. The summed E-state index contributed by atoms with van der Waals surface area (Å²) in [5, 5.41) is 1.45. The molecule has 0 saturated carbocycles. The zero-order chi connectivity index (χ0) is 12.7. The molecule has 1 aromatic heterocycles. The van der Waals surface area contributed by atoms with Gasteiger partial charge in [-0.2, -0.15) is 0 Å². The largest absolute Gasteiger partial charge is 0.456 e.